The number of nitrogens with two attached hydrogens (primary N) is 2. The van der Waals surface area contributed by atoms with Gasteiger partial charge < -0.3 is 16.2 Å². The summed E-state index contributed by atoms with van der Waals surface area (Å²) in [6, 6.07) is -1.04. The number of hydrogen-bond acceptors (Lipinski definition) is 4. The second kappa shape index (κ2) is 4.58. The molecule has 0 fully saturated rings. The van der Waals surface area contributed by atoms with Crippen molar-refractivity contribution in [1.82, 2.24) is 0 Å². The van der Waals surface area contributed by atoms with E-state index >= 15 is 0 Å². The van der Waals surface area contributed by atoms with Crippen molar-refractivity contribution in [3.8, 4) is 0 Å². The molecule has 78 valence electrons. The minimum atomic E-state index is -0.718. The molecule has 0 unspecified atom stereocenters. The van der Waals surface area contributed by atoms with Crippen molar-refractivity contribution in [2.75, 3.05) is 0 Å². The van der Waals surface area contributed by atoms with Gasteiger partial charge in [0.1, 0.15) is 11.6 Å². The van der Waals surface area contributed by atoms with Crippen LogP contribution >= 0.6 is 0 Å². The minimum absolute atomic E-state index is 0.324. The predicted octanol–water partition coefficient (Wildman–Crippen LogP) is 0.393. The van der Waals surface area contributed by atoms with Crippen LogP contribution in [0.5, 0.6) is 0 Å². The lowest BCUT2D eigenvalue weighted by Crippen LogP contribution is -2.49. The van der Waals surface area contributed by atoms with Crippen molar-refractivity contribution >= 4 is 5.97 Å². The fourth-order valence-electron chi connectivity index (χ4n) is 0.799. The average Bonchev–Trinajstić information content (AvgIpc) is 1.98. The zero-order valence-electron chi connectivity index (χ0n) is 8.83. The number of carbonyl (C=O) groups excluding carboxylic acids is 1. The monoisotopic (exact) mass is 188 g/mol. The Hall–Kier alpha value is -0.610. The molecule has 0 aromatic rings. The lowest BCUT2D eigenvalue weighted by Gasteiger charge is -2.24. The molecular formula is C9H20N2O2. The maximum Gasteiger partial charge on any atom is 0.325 e. The minimum Gasteiger partial charge on any atom is -0.459 e. The van der Waals surface area contributed by atoms with Crippen LogP contribution in [0.2, 0.25) is 0 Å². The SMILES string of the molecule is CC[C@H](N)[C@@H](N)C(=O)OC(C)(C)C. The molecule has 13 heavy (non-hydrogen) atoms. The van der Waals surface area contributed by atoms with E-state index in [2.05, 4.69) is 0 Å². The Morgan fingerprint density at radius 2 is 1.85 bits per heavy atom. The summed E-state index contributed by atoms with van der Waals surface area (Å²) in [6.07, 6.45) is 0.667. The third kappa shape index (κ3) is 4.85. The second-order valence-corrected chi connectivity index (χ2v) is 4.13. The highest BCUT2D eigenvalue weighted by molar-refractivity contribution is 5.76. The molecule has 0 aromatic heterocycles. The van der Waals surface area contributed by atoms with Crippen molar-refractivity contribution in [1.29, 1.82) is 0 Å². The number of ether oxygens (including phenoxy) is 1. The molecule has 0 aliphatic rings. The van der Waals surface area contributed by atoms with Gasteiger partial charge in [0.2, 0.25) is 0 Å². The third-order valence-electron chi connectivity index (χ3n) is 1.61. The van der Waals surface area contributed by atoms with Crippen LogP contribution in [0.15, 0.2) is 0 Å². The summed E-state index contributed by atoms with van der Waals surface area (Å²) in [4.78, 5) is 11.3. The van der Waals surface area contributed by atoms with E-state index < -0.39 is 17.6 Å². The van der Waals surface area contributed by atoms with Crippen molar-refractivity contribution in [2.24, 2.45) is 11.5 Å². The Balaban J connectivity index is 4.12. The Labute approximate surface area is 79.6 Å². The molecule has 4 N–H and O–H groups in total. The predicted molar refractivity (Wildman–Crippen MR) is 52.1 cm³/mol. The summed E-state index contributed by atoms with van der Waals surface area (Å²) in [6.45, 7) is 7.29. The van der Waals surface area contributed by atoms with E-state index in [-0.39, 0.29) is 6.04 Å². The number of hydrogen-bond donors (Lipinski definition) is 2. The van der Waals surface area contributed by atoms with Gasteiger partial charge in [-0.3, -0.25) is 4.79 Å². The van der Waals surface area contributed by atoms with E-state index in [0.717, 1.165) is 0 Å². The molecule has 0 radical (unpaired) electrons. The fourth-order valence-corrected chi connectivity index (χ4v) is 0.799. The first-order chi connectivity index (χ1) is 5.78. The van der Waals surface area contributed by atoms with Crippen molar-refractivity contribution in [3.63, 3.8) is 0 Å². The molecule has 0 aromatic carbocycles. The largest absolute Gasteiger partial charge is 0.459 e. The van der Waals surface area contributed by atoms with E-state index in [1.54, 1.807) is 20.8 Å². The van der Waals surface area contributed by atoms with Crippen LogP contribution in [0.25, 0.3) is 0 Å². The number of esters is 1. The highest BCUT2D eigenvalue weighted by atomic mass is 16.6. The Morgan fingerprint density at radius 1 is 1.38 bits per heavy atom. The Bertz CT molecular complexity index is 175. The molecular weight excluding hydrogens is 168 g/mol. The normalized spacial score (nSPS) is 16.5. The molecule has 0 heterocycles. The molecule has 0 aliphatic heterocycles. The highest BCUT2D eigenvalue weighted by Crippen LogP contribution is 2.09. The average molecular weight is 188 g/mol. The number of carbonyl (C=O) groups is 1. The van der Waals surface area contributed by atoms with Crippen molar-refractivity contribution < 1.29 is 9.53 Å². The summed E-state index contributed by atoms with van der Waals surface area (Å²) < 4.78 is 5.08. The molecule has 0 amide bonds. The molecule has 4 heteroatoms. The van der Waals surface area contributed by atoms with Gasteiger partial charge in [0.25, 0.3) is 0 Å². The molecule has 0 rings (SSSR count). The van der Waals surface area contributed by atoms with Crippen LogP contribution in [-0.4, -0.2) is 23.7 Å². The Kier molecular flexibility index (Phi) is 4.36. The van der Waals surface area contributed by atoms with Gasteiger partial charge in [0, 0.05) is 6.04 Å². The standard InChI is InChI=1S/C9H20N2O2/c1-5-6(10)7(11)8(12)13-9(2,3)4/h6-7H,5,10-11H2,1-4H3/t6-,7+/m0/s1. The van der Waals surface area contributed by atoms with Gasteiger partial charge in [-0.1, -0.05) is 6.92 Å². The summed E-state index contributed by atoms with van der Waals surface area (Å²) in [5, 5.41) is 0. The first-order valence-electron chi connectivity index (χ1n) is 4.52. The Morgan fingerprint density at radius 3 is 2.15 bits per heavy atom. The van der Waals surface area contributed by atoms with Gasteiger partial charge in [-0.05, 0) is 27.2 Å². The smallest absolute Gasteiger partial charge is 0.325 e. The zero-order chi connectivity index (χ0) is 10.6. The van der Waals surface area contributed by atoms with E-state index in [4.69, 9.17) is 16.2 Å². The lowest BCUT2D eigenvalue weighted by atomic mass is 10.1. The van der Waals surface area contributed by atoms with E-state index in [1.165, 1.54) is 0 Å². The maximum absolute atomic E-state index is 11.3. The summed E-state index contributed by atoms with van der Waals surface area (Å²) in [7, 11) is 0. The van der Waals surface area contributed by atoms with Gasteiger partial charge >= 0.3 is 5.97 Å². The van der Waals surface area contributed by atoms with Crippen LogP contribution in [0.3, 0.4) is 0 Å². The molecule has 4 nitrogen and oxygen atoms in total. The maximum atomic E-state index is 11.3. The number of rotatable bonds is 3. The first kappa shape index (κ1) is 12.4. The van der Waals surface area contributed by atoms with Gasteiger partial charge in [-0.25, -0.2) is 0 Å². The van der Waals surface area contributed by atoms with Crippen LogP contribution in [-0.2, 0) is 9.53 Å². The van der Waals surface area contributed by atoms with Crippen LogP contribution < -0.4 is 11.5 Å². The summed E-state index contributed by atoms with van der Waals surface area (Å²) in [5.74, 6) is -0.429. The van der Waals surface area contributed by atoms with Crippen molar-refractivity contribution in [3.05, 3.63) is 0 Å². The molecule has 0 saturated carbocycles. The molecule has 2 atom stereocenters. The molecule has 0 spiro atoms. The molecule has 0 aliphatic carbocycles. The van der Waals surface area contributed by atoms with Gasteiger partial charge in [0.05, 0.1) is 0 Å². The van der Waals surface area contributed by atoms with Crippen LogP contribution in [0.4, 0.5) is 0 Å². The van der Waals surface area contributed by atoms with Gasteiger partial charge in [-0.2, -0.15) is 0 Å². The van der Waals surface area contributed by atoms with Crippen molar-refractivity contribution in [2.45, 2.75) is 51.8 Å². The van der Waals surface area contributed by atoms with Gasteiger partial charge in [0.15, 0.2) is 0 Å². The topological polar surface area (TPSA) is 78.3 Å². The second-order valence-electron chi connectivity index (χ2n) is 4.13. The van der Waals surface area contributed by atoms with Crippen LogP contribution in [0, 0.1) is 0 Å². The van der Waals surface area contributed by atoms with E-state index in [9.17, 15) is 4.79 Å². The molecule has 0 bridgehead atoms. The third-order valence-corrected chi connectivity index (χ3v) is 1.61. The zero-order valence-corrected chi connectivity index (χ0v) is 8.83. The quantitative estimate of drug-likeness (QED) is 0.628. The van der Waals surface area contributed by atoms with Crippen LogP contribution in [0.1, 0.15) is 34.1 Å². The fraction of sp³-hybridized carbons (Fsp3) is 0.889. The lowest BCUT2D eigenvalue weighted by molar-refractivity contribution is -0.157. The highest BCUT2D eigenvalue weighted by Gasteiger charge is 2.25. The summed E-state index contributed by atoms with van der Waals surface area (Å²) >= 11 is 0. The van der Waals surface area contributed by atoms with E-state index in [0.29, 0.717) is 6.42 Å². The first-order valence-corrected chi connectivity index (χ1v) is 4.52. The summed E-state index contributed by atoms with van der Waals surface area (Å²) in [5.41, 5.74) is 10.7. The molecule has 0 saturated heterocycles. The van der Waals surface area contributed by atoms with E-state index in [1.807, 2.05) is 6.92 Å². The van der Waals surface area contributed by atoms with Gasteiger partial charge in [-0.15, -0.1) is 0 Å².